The number of hydrogen-bond donors (Lipinski definition) is 1. The number of nitrogens with one attached hydrogen (secondary N) is 1. The third-order valence-electron chi connectivity index (χ3n) is 4.56. The smallest absolute Gasteiger partial charge is 0.410 e. The van der Waals surface area contributed by atoms with E-state index in [2.05, 4.69) is 5.32 Å². The van der Waals surface area contributed by atoms with Crippen molar-refractivity contribution in [1.82, 2.24) is 10.2 Å². The molecule has 1 aliphatic carbocycles. The van der Waals surface area contributed by atoms with Crippen molar-refractivity contribution in [3.63, 3.8) is 0 Å². The van der Waals surface area contributed by atoms with E-state index in [-0.39, 0.29) is 6.09 Å². The minimum atomic E-state index is -0.426. The van der Waals surface area contributed by atoms with Crippen molar-refractivity contribution in [3.8, 4) is 0 Å². The van der Waals surface area contributed by atoms with Gasteiger partial charge in [0.2, 0.25) is 0 Å². The van der Waals surface area contributed by atoms with Gasteiger partial charge in [0.25, 0.3) is 0 Å². The van der Waals surface area contributed by atoms with Crippen molar-refractivity contribution in [1.29, 1.82) is 0 Å². The third-order valence-corrected chi connectivity index (χ3v) is 4.56. The van der Waals surface area contributed by atoms with Crippen LogP contribution in [0.5, 0.6) is 0 Å². The highest BCUT2D eigenvalue weighted by Gasteiger charge is 2.30. The molecule has 128 valence electrons. The fourth-order valence-electron chi connectivity index (χ4n) is 3.32. The number of hydrogen-bond acceptors (Lipinski definition) is 4. The van der Waals surface area contributed by atoms with Crippen molar-refractivity contribution < 1.29 is 14.3 Å². The molecule has 0 aromatic rings. The predicted octanol–water partition coefficient (Wildman–Crippen LogP) is 2.93. The molecule has 0 spiro atoms. The Morgan fingerprint density at radius 1 is 1.14 bits per heavy atom. The van der Waals surface area contributed by atoms with Crippen LogP contribution in [-0.2, 0) is 9.47 Å². The van der Waals surface area contributed by atoms with Gasteiger partial charge >= 0.3 is 6.09 Å². The molecule has 0 radical (unpaired) electrons. The summed E-state index contributed by atoms with van der Waals surface area (Å²) in [4.78, 5) is 13.9. The van der Waals surface area contributed by atoms with E-state index in [4.69, 9.17) is 9.47 Å². The lowest BCUT2D eigenvalue weighted by atomic mass is 9.89. The van der Waals surface area contributed by atoms with Crippen LogP contribution in [0.1, 0.15) is 59.3 Å². The Bertz CT molecular complexity index is 353. The quantitative estimate of drug-likeness (QED) is 0.870. The van der Waals surface area contributed by atoms with Crippen LogP contribution in [0.2, 0.25) is 0 Å². The maximum absolute atomic E-state index is 12.1. The normalized spacial score (nSPS) is 29.9. The van der Waals surface area contributed by atoms with Gasteiger partial charge in [0.05, 0.1) is 6.61 Å². The second kappa shape index (κ2) is 7.64. The summed E-state index contributed by atoms with van der Waals surface area (Å²) < 4.78 is 11.0. The summed E-state index contributed by atoms with van der Waals surface area (Å²) in [5.41, 5.74) is -0.426. The van der Waals surface area contributed by atoms with Gasteiger partial charge in [-0.15, -0.1) is 0 Å². The Balaban J connectivity index is 1.72. The first-order chi connectivity index (χ1) is 10.3. The average Bonchev–Trinajstić information content (AvgIpc) is 2.46. The summed E-state index contributed by atoms with van der Waals surface area (Å²) >= 11 is 0. The molecule has 1 N–H and O–H groups in total. The molecule has 0 bridgehead atoms. The van der Waals surface area contributed by atoms with Crippen molar-refractivity contribution in [2.24, 2.45) is 0 Å². The Hall–Kier alpha value is -0.810. The lowest BCUT2D eigenvalue weighted by molar-refractivity contribution is 0.0170. The molecule has 1 heterocycles. The molecule has 22 heavy (non-hydrogen) atoms. The molecule has 0 aromatic carbocycles. The van der Waals surface area contributed by atoms with Crippen molar-refractivity contribution in [2.75, 3.05) is 20.3 Å². The molecule has 5 heteroatoms. The summed E-state index contributed by atoms with van der Waals surface area (Å²) in [7, 11) is 1.86. The molecule has 1 unspecified atom stereocenters. The summed E-state index contributed by atoms with van der Waals surface area (Å²) in [5.74, 6) is 0. The second-order valence-corrected chi connectivity index (χ2v) is 7.68. The monoisotopic (exact) mass is 312 g/mol. The van der Waals surface area contributed by atoms with Gasteiger partial charge in [0, 0.05) is 31.8 Å². The number of nitrogens with zero attached hydrogens (tertiary/aromatic N) is 1. The van der Waals surface area contributed by atoms with Gasteiger partial charge < -0.3 is 19.7 Å². The van der Waals surface area contributed by atoms with Crippen LogP contribution in [0, 0.1) is 0 Å². The number of rotatable bonds is 3. The molecule has 2 fully saturated rings. The van der Waals surface area contributed by atoms with Gasteiger partial charge in [-0.1, -0.05) is 0 Å². The molecule has 2 aliphatic rings. The van der Waals surface area contributed by atoms with Crippen LogP contribution in [0.15, 0.2) is 0 Å². The number of amides is 1. The zero-order chi connectivity index (χ0) is 16.2. The highest BCUT2D eigenvalue weighted by molar-refractivity contribution is 5.68. The summed E-state index contributed by atoms with van der Waals surface area (Å²) in [5, 5.41) is 3.73. The first kappa shape index (κ1) is 17.5. The Morgan fingerprint density at radius 3 is 2.36 bits per heavy atom. The van der Waals surface area contributed by atoms with E-state index in [0.29, 0.717) is 18.1 Å². The van der Waals surface area contributed by atoms with Crippen LogP contribution in [0.4, 0.5) is 4.79 Å². The lowest BCUT2D eigenvalue weighted by Crippen LogP contribution is -2.48. The fourth-order valence-corrected chi connectivity index (χ4v) is 3.32. The standard InChI is InChI=1S/C17H32N2O3/c1-17(2,3)22-16(20)19(4)15-9-7-13(8-10-15)18-14-6-5-11-21-12-14/h13-15,18H,5-12H2,1-4H3. The molecule has 1 saturated carbocycles. The summed E-state index contributed by atoms with van der Waals surface area (Å²) in [6.07, 6.45) is 6.50. The zero-order valence-electron chi connectivity index (χ0n) is 14.6. The van der Waals surface area contributed by atoms with Gasteiger partial charge in [-0.3, -0.25) is 0 Å². The minimum absolute atomic E-state index is 0.204. The van der Waals surface area contributed by atoms with Crippen molar-refractivity contribution >= 4 is 6.09 Å². The van der Waals surface area contributed by atoms with Gasteiger partial charge in [0.1, 0.15) is 5.60 Å². The van der Waals surface area contributed by atoms with Crippen LogP contribution >= 0.6 is 0 Å². The largest absolute Gasteiger partial charge is 0.444 e. The maximum Gasteiger partial charge on any atom is 0.410 e. The molecule has 1 amide bonds. The lowest BCUT2D eigenvalue weighted by Gasteiger charge is -2.37. The average molecular weight is 312 g/mol. The summed E-state index contributed by atoms with van der Waals surface area (Å²) in [6, 6.07) is 1.38. The molecule has 1 saturated heterocycles. The first-order valence-corrected chi connectivity index (χ1v) is 8.65. The van der Waals surface area contributed by atoms with E-state index < -0.39 is 5.60 Å². The molecule has 5 nitrogen and oxygen atoms in total. The van der Waals surface area contributed by atoms with E-state index in [1.165, 1.54) is 6.42 Å². The first-order valence-electron chi connectivity index (χ1n) is 8.65. The van der Waals surface area contributed by atoms with Crippen LogP contribution < -0.4 is 5.32 Å². The van der Waals surface area contributed by atoms with E-state index in [9.17, 15) is 4.79 Å². The van der Waals surface area contributed by atoms with Crippen LogP contribution in [0.3, 0.4) is 0 Å². The molecule has 1 aliphatic heterocycles. The van der Waals surface area contributed by atoms with E-state index in [1.807, 2.05) is 27.8 Å². The van der Waals surface area contributed by atoms with E-state index >= 15 is 0 Å². The zero-order valence-corrected chi connectivity index (χ0v) is 14.6. The predicted molar refractivity (Wildman–Crippen MR) is 87.0 cm³/mol. The van der Waals surface area contributed by atoms with Gasteiger partial charge in [-0.2, -0.15) is 0 Å². The highest BCUT2D eigenvalue weighted by Crippen LogP contribution is 2.24. The molecular weight excluding hydrogens is 280 g/mol. The molecular formula is C17H32N2O3. The maximum atomic E-state index is 12.1. The van der Waals surface area contributed by atoms with Crippen LogP contribution in [-0.4, -0.2) is 55.0 Å². The third kappa shape index (κ3) is 5.43. The highest BCUT2D eigenvalue weighted by atomic mass is 16.6. The SMILES string of the molecule is CN(C(=O)OC(C)(C)C)C1CCC(NC2CCCOC2)CC1. The van der Waals surface area contributed by atoms with E-state index in [0.717, 1.165) is 45.3 Å². The fraction of sp³-hybridized carbons (Fsp3) is 0.941. The Labute approximate surface area is 134 Å². The summed E-state index contributed by atoms with van der Waals surface area (Å²) in [6.45, 7) is 7.48. The Kier molecular flexibility index (Phi) is 6.09. The molecule has 0 aromatic heterocycles. The number of carbonyl (C=O) groups is 1. The van der Waals surface area contributed by atoms with Gasteiger partial charge in [-0.25, -0.2) is 4.79 Å². The number of carbonyl (C=O) groups excluding carboxylic acids is 1. The van der Waals surface area contributed by atoms with Crippen LogP contribution in [0.25, 0.3) is 0 Å². The van der Waals surface area contributed by atoms with Gasteiger partial charge in [-0.05, 0) is 59.3 Å². The number of ether oxygens (including phenoxy) is 2. The van der Waals surface area contributed by atoms with Crippen molar-refractivity contribution in [3.05, 3.63) is 0 Å². The Morgan fingerprint density at radius 2 is 1.82 bits per heavy atom. The topological polar surface area (TPSA) is 50.8 Å². The van der Waals surface area contributed by atoms with Gasteiger partial charge in [0.15, 0.2) is 0 Å². The molecule has 1 atom stereocenters. The minimum Gasteiger partial charge on any atom is -0.444 e. The van der Waals surface area contributed by atoms with Crippen molar-refractivity contribution in [2.45, 2.75) is 83.0 Å². The second-order valence-electron chi connectivity index (χ2n) is 7.68. The van der Waals surface area contributed by atoms with E-state index in [1.54, 1.807) is 4.90 Å². The molecule has 2 rings (SSSR count).